The standard InChI is InChI=1S/C14H16ClN3O2/c1-11-3-2-4-13(7-11)20-6-5-16-14(19)10-18-9-12(15)8-17-18/h2-4,7-9H,5-6,10H2,1H3,(H,16,19). The van der Waals surface area contributed by atoms with Crippen LogP contribution >= 0.6 is 11.6 Å². The Labute approximate surface area is 122 Å². The Morgan fingerprint density at radius 1 is 1.50 bits per heavy atom. The molecule has 6 heteroatoms. The first kappa shape index (κ1) is 14.4. The number of nitrogens with one attached hydrogen (secondary N) is 1. The van der Waals surface area contributed by atoms with Gasteiger partial charge in [-0.2, -0.15) is 5.10 Å². The van der Waals surface area contributed by atoms with Crippen molar-refractivity contribution in [3.05, 3.63) is 47.2 Å². The van der Waals surface area contributed by atoms with Gasteiger partial charge in [0.15, 0.2) is 0 Å². The number of benzene rings is 1. The van der Waals surface area contributed by atoms with Crippen LogP contribution in [0.3, 0.4) is 0 Å². The maximum atomic E-state index is 11.6. The van der Waals surface area contributed by atoms with Gasteiger partial charge in [-0.3, -0.25) is 9.48 Å². The minimum absolute atomic E-state index is 0.127. The number of carbonyl (C=O) groups excluding carboxylic acids is 1. The Balaban J connectivity index is 1.67. The molecule has 0 bridgehead atoms. The molecule has 1 N–H and O–H groups in total. The van der Waals surface area contributed by atoms with Gasteiger partial charge in [0.1, 0.15) is 18.9 Å². The molecule has 106 valence electrons. The summed E-state index contributed by atoms with van der Waals surface area (Å²) in [7, 11) is 0. The van der Waals surface area contributed by atoms with E-state index < -0.39 is 0 Å². The minimum atomic E-state index is -0.127. The first-order valence-electron chi connectivity index (χ1n) is 6.27. The predicted octanol–water partition coefficient (Wildman–Crippen LogP) is 2.04. The summed E-state index contributed by atoms with van der Waals surface area (Å²) in [5, 5.41) is 7.21. The summed E-state index contributed by atoms with van der Waals surface area (Å²) in [5.41, 5.74) is 1.14. The molecule has 0 saturated carbocycles. The van der Waals surface area contributed by atoms with Crippen LogP contribution in [0.5, 0.6) is 5.75 Å². The number of nitrogens with zero attached hydrogens (tertiary/aromatic N) is 2. The second-order valence-electron chi connectivity index (χ2n) is 4.37. The Morgan fingerprint density at radius 2 is 2.35 bits per heavy atom. The molecule has 20 heavy (non-hydrogen) atoms. The normalized spacial score (nSPS) is 10.3. The lowest BCUT2D eigenvalue weighted by molar-refractivity contribution is -0.121. The van der Waals surface area contributed by atoms with Crippen LogP contribution < -0.4 is 10.1 Å². The van der Waals surface area contributed by atoms with E-state index in [1.54, 1.807) is 6.20 Å². The van der Waals surface area contributed by atoms with E-state index in [0.717, 1.165) is 11.3 Å². The van der Waals surface area contributed by atoms with Gasteiger partial charge >= 0.3 is 0 Å². The number of carbonyl (C=O) groups is 1. The topological polar surface area (TPSA) is 56.1 Å². The van der Waals surface area contributed by atoms with E-state index in [0.29, 0.717) is 18.2 Å². The summed E-state index contributed by atoms with van der Waals surface area (Å²) in [6, 6.07) is 7.78. The van der Waals surface area contributed by atoms with Gasteiger partial charge in [-0.1, -0.05) is 23.7 Å². The lowest BCUT2D eigenvalue weighted by Crippen LogP contribution is -2.31. The second kappa shape index (κ2) is 6.96. The van der Waals surface area contributed by atoms with E-state index in [1.807, 2.05) is 31.2 Å². The first-order chi connectivity index (χ1) is 9.63. The Hall–Kier alpha value is -2.01. The fourth-order valence-electron chi connectivity index (χ4n) is 1.69. The molecule has 1 heterocycles. The Morgan fingerprint density at radius 3 is 3.05 bits per heavy atom. The second-order valence-corrected chi connectivity index (χ2v) is 4.81. The zero-order valence-corrected chi connectivity index (χ0v) is 11.9. The number of ether oxygens (including phenoxy) is 1. The Bertz CT molecular complexity index is 583. The lowest BCUT2D eigenvalue weighted by Gasteiger charge is -2.08. The molecule has 1 aromatic carbocycles. The van der Waals surface area contributed by atoms with Crippen molar-refractivity contribution in [2.45, 2.75) is 13.5 Å². The summed E-state index contributed by atoms with van der Waals surface area (Å²) >= 11 is 5.72. The third-order valence-corrected chi connectivity index (χ3v) is 2.79. The van der Waals surface area contributed by atoms with Crippen LogP contribution in [0.25, 0.3) is 0 Å². The summed E-state index contributed by atoms with van der Waals surface area (Å²) in [4.78, 5) is 11.6. The van der Waals surface area contributed by atoms with Crippen molar-refractivity contribution in [1.82, 2.24) is 15.1 Å². The van der Waals surface area contributed by atoms with Crippen molar-refractivity contribution in [3.63, 3.8) is 0 Å². The van der Waals surface area contributed by atoms with Crippen molar-refractivity contribution >= 4 is 17.5 Å². The molecule has 0 fully saturated rings. The van der Waals surface area contributed by atoms with Gasteiger partial charge in [0.25, 0.3) is 0 Å². The zero-order chi connectivity index (χ0) is 14.4. The first-order valence-corrected chi connectivity index (χ1v) is 6.65. The lowest BCUT2D eigenvalue weighted by atomic mass is 10.2. The fourth-order valence-corrected chi connectivity index (χ4v) is 1.85. The van der Waals surface area contributed by atoms with E-state index >= 15 is 0 Å². The number of rotatable bonds is 6. The number of hydrogen-bond acceptors (Lipinski definition) is 3. The molecule has 0 radical (unpaired) electrons. The third kappa shape index (κ3) is 4.59. The maximum Gasteiger partial charge on any atom is 0.241 e. The zero-order valence-electron chi connectivity index (χ0n) is 11.2. The molecule has 0 spiro atoms. The molecular weight excluding hydrogens is 278 g/mol. The number of hydrogen-bond donors (Lipinski definition) is 1. The third-order valence-electron chi connectivity index (χ3n) is 2.59. The van der Waals surface area contributed by atoms with Crippen molar-refractivity contribution in [2.75, 3.05) is 13.2 Å². The molecule has 1 amide bonds. The summed E-state index contributed by atoms with van der Waals surface area (Å²) in [5.74, 6) is 0.677. The molecule has 5 nitrogen and oxygen atoms in total. The number of aryl methyl sites for hydroxylation is 1. The van der Waals surface area contributed by atoms with Crippen LogP contribution in [-0.2, 0) is 11.3 Å². The summed E-state index contributed by atoms with van der Waals surface area (Å²) in [6.45, 7) is 3.03. The van der Waals surface area contributed by atoms with Gasteiger partial charge in [-0.15, -0.1) is 0 Å². The average molecular weight is 294 g/mol. The van der Waals surface area contributed by atoms with Crippen LogP contribution in [0, 0.1) is 6.92 Å². The van der Waals surface area contributed by atoms with Gasteiger partial charge in [-0.25, -0.2) is 0 Å². The number of halogens is 1. The number of aromatic nitrogens is 2. The minimum Gasteiger partial charge on any atom is -0.492 e. The molecule has 1 aromatic heterocycles. The van der Waals surface area contributed by atoms with Gasteiger partial charge < -0.3 is 10.1 Å². The van der Waals surface area contributed by atoms with Crippen molar-refractivity contribution in [2.24, 2.45) is 0 Å². The highest BCUT2D eigenvalue weighted by Crippen LogP contribution is 2.11. The van der Waals surface area contributed by atoms with Crippen LogP contribution in [0.2, 0.25) is 5.02 Å². The van der Waals surface area contributed by atoms with Gasteiger partial charge in [0.2, 0.25) is 5.91 Å². The van der Waals surface area contributed by atoms with Crippen LogP contribution in [0.4, 0.5) is 0 Å². The smallest absolute Gasteiger partial charge is 0.241 e. The van der Waals surface area contributed by atoms with Gasteiger partial charge in [0, 0.05) is 6.20 Å². The SMILES string of the molecule is Cc1cccc(OCCNC(=O)Cn2cc(Cl)cn2)c1. The van der Waals surface area contributed by atoms with Crippen molar-refractivity contribution in [1.29, 1.82) is 0 Å². The molecule has 2 rings (SSSR count). The molecular formula is C14H16ClN3O2. The fraction of sp³-hybridized carbons (Fsp3) is 0.286. The predicted molar refractivity (Wildman–Crippen MR) is 76.9 cm³/mol. The van der Waals surface area contributed by atoms with E-state index in [4.69, 9.17) is 16.3 Å². The highest BCUT2D eigenvalue weighted by Gasteiger charge is 2.03. The molecule has 0 atom stereocenters. The Kier molecular flexibility index (Phi) is 5.01. The van der Waals surface area contributed by atoms with E-state index in [-0.39, 0.29) is 12.5 Å². The van der Waals surface area contributed by atoms with Gasteiger partial charge in [-0.05, 0) is 24.6 Å². The average Bonchev–Trinajstić information content (AvgIpc) is 2.80. The van der Waals surface area contributed by atoms with Crippen molar-refractivity contribution < 1.29 is 9.53 Å². The molecule has 0 aliphatic heterocycles. The molecule has 0 aliphatic carbocycles. The monoisotopic (exact) mass is 293 g/mol. The molecule has 0 saturated heterocycles. The van der Waals surface area contributed by atoms with Crippen LogP contribution in [0.1, 0.15) is 5.56 Å². The van der Waals surface area contributed by atoms with E-state index in [1.165, 1.54) is 10.9 Å². The highest BCUT2D eigenvalue weighted by atomic mass is 35.5. The molecule has 2 aromatic rings. The maximum absolute atomic E-state index is 11.6. The summed E-state index contributed by atoms with van der Waals surface area (Å²) < 4.78 is 7.02. The largest absolute Gasteiger partial charge is 0.492 e. The summed E-state index contributed by atoms with van der Waals surface area (Å²) in [6.07, 6.45) is 3.10. The van der Waals surface area contributed by atoms with Crippen molar-refractivity contribution in [3.8, 4) is 5.75 Å². The highest BCUT2D eigenvalue weighted by molar-refractivity contribution is 6.30. The quantitative estimate of drug-likeness (QED) is 0.829. The van der Waals surface area contributed by atoms with Crippen LogP contribution in [0.15, 0.2) is 36.7 Å². The molecule has 0 unspecified atom stereocenters. The van der Waals surface area contributed by atoms with E-state index in [2.05, 4.69) is 10.4 Å². The van der Waals surface area contributed by atoms with E-state index in [9.17, 15) is 4.79 Å². The molecule has 0 aliphatic rings. The number of amides is 1. The van der Waals surface area contributed by atoms with Gasteiger partial charge in [0.05, 0.1) is 17.8 Å². The van der Waals surface area contributed by atoms with Crippen LogP contribution in [-0.4, -0.2) is 28.8 Å².